The van der Waals surface area contributed by atoms with Gasteiger partial charge in [-0.3, -0.25) is 10.7 Å². The molecule has 4 heteroatoms. The van der Waals surface area contributed by atoms with Crippen molar-refractivity contribution in [3.63, 3.8) is 0 Å². The van der Waals surface area contributed by atoms with Crippen LogP contribution in [0.4, 0.5) is 0 Å². The van der Waals surface area contributed by atoms with E-state index in [9.17, 15) is 5.21 Å². The van der Waals surface area contributed by atoms with Crippen LogP contribution in [0.25, 0.3) is 0 Å². The molecule has 2 rings (SSSR count). The Hall–Kier alpha value is -3.00. The molecule has 0 aromatic carbocycles. The van der Waals surface area contributed by atoms with Gasteiger partial charge < -0.3 is 9.64 Å². The first-order valence-corrected chi connectivity index (χ1v) is 14.9. The standard InChI is InChI=1S/C33H50N2O2.C3H4/c1-6-14-33(37-24-13-23-35-21-11-8-12-22-35)16-10-7-9-15-31(29(5)34-36)26-32-25-30(19-17-27(2)3)20-18-28(32)4;1-3-2/h6,10,14,16-17,19,25,31,34,36H,1,4-5,7-9,11-13,15,18,20-24,26H2,2-3H3;1H,2H3/b16-10-,30-19+,33-14+;. The number of nitrogens with zero attached hydrogens (tertiary/aromatic N) is 1. The summed E-state index contributed by atoms with van der Waals surface area (Å²) in [6, 6.07) is 0. The van der Waals surface area contributed by atoms with Crippen molar-refractivity contribution in [3.05, 3.63) is 96.0 Å². The largest absolute Gasteiger partial charge is 0.494 e. The highest BCUT2D eigenvalue weighted by molar-refractivity contribution is 5.42. The SMILES string of the molecule is C#CC.C=C/C=C(\C=C/CCCC(CC1=C/C(=C/C=C(C)C)CCC1=C)C(=C)NO)OCCCN1CCCCC1. The average molecular weight is 547 g/mol. The van der Waals surface area contributed by atoms with Gasteiger partial charge in [-0.1, -0.05) is 67.7 Å². The van der Waals surface area contributed by atoms with Crippen LogP contribution >= 0.6 is 0 Å². The summed E-state index contributed by atoms with van der Waals surface area (Å²) in [5, 5.41) is 9.56. The monoisotopic (exact) mass is 546 g/mol. The van der Waals surface area contributed by atoms with Crippen molar-refractivity contribution < 1.29 is 9.94 Å². The Morgan fingerprint density at radius 3 is 2.58 bits per heavy atom. The lowest BCUT2D eigenvalue weighted by atomic mass is 9.83. The first kappa shape index (κ1) is 35.0. The summed E-state index contributed by atoms with van der Waals surface area (Å²) < 4.78 is 6.01. The Kier molecular flexibility index (Phi) is 19.1. The summed E-state index contributed by atoms with van der Waals surface area (Å²) in [5.74, 6) is 3.27. The Bertz CT molecular complexity index is 977. The van der Waals surface area contributed by atoms with Gasteiger partial charge in [0.25, 0.3) is 0 Å². The maximum atomic E-state index is 9.56. The van der Waals surface area contributed by atoms with Crippen molar-refractivity contribution in [1.82, 2.24) is 10.4 Å². The Labute approximate surface area is 245 Å². The lowest BCUT2D eigenvalue weighted by Gasteiger charge is -2.26. The molecule has 0 aromatic rings. The number of hydrogen-bond acceptors (Lipinski definition) is 4. The molecule has 0 amide bonds. The van der Waals surface area contributed by atoms with Crippen molar-refractivity contribution in [2.45, 2.75) is 85.0 Å². The number of ether oxygens (including phenoxy) is 1. The molecule has 0 saturated carbocycles. The van der Waals surface area contributed by atoms with Crippen molar-refractivity contribution in [1.29, 1.82) is 0 Å². The van der Waals surface area contributed by atoms with Gasteiger partial charge in [0.2, 0.25) is 0 Å². The van der Waals surface area contributed by atoms with Crippen LogP contribution in [0.1, 0.15) is 85.0 Å². The summed E-state index contributed by atoms with van der Waals surface area (Å²) in [6.07, 6.45) is 30.0. The first-order chi connectivity index (χ1) is 19.3. The van der Waals surface area contributed by atoms with Crippen molar-refractivity contribution in [2.75, 3.05) is 26.2 Å². The van der Waals surface area contributed by atoms with Gasteiger partial charge >= 0.3 is 0 Å². The zero-order valence-electron chi connectivity index (χ0n) is 25.5. The molecule has 1 aliphatic heterocycles. The quantitative estimate of drug-likeness (QED) is 0.0667. The summed E-state index contributed by atoms with van der Waals surface area (Å²) >= 11 is 0. The van der Waals surface area contributed by atoms with Gasteiger partial charge in [0.05, 0.1) is 6.61 Å². The molecule has 2 N–H and O–H groups in total. The Morgan fingerprint density at radius 1 is 1.20 bits per heavy atom. The molecule has 1 saturated heterocycles. The Balaban J connectivity index is 0.00000254. The van der Waals surface area contributed by atoms with Gasteiger partial charge in [-0.05, 0) is 115 Å². The van der Waals surface area contributed by atoms with Crippen LogP contribution in [0.3, 0.4) is 0 Å². The number of likely N-dealkylation sites (tertiary alicyclic amines) is 1. The van der Waals surface area contributed by atoms with Gasteiger partial charge in [0, 0.05) is 18.2 Å². The van der Waals surface area contributed by atoms with Crippen molar-refractivity contribution >= 4 is 0 Å². The van der Waals surface area contributed by atoms with Crippen LogP contribution in [-0.2, 0) is 4.74 Å². The van der Waals surface area contributed by atoms with Crippen LogP contribution in [0, 0.1) is 18.3 Å². The van der Waals surface area contributed by atoms with Crippen LogP contribution in [0.5, 0.6) is 0 Å². The molecule has 1 unspecified atom stereocenters. The maximum absolute atomic E-state index is 9.56. The predicted octanol–water partition coefficient (Wildman–Crippen LogP) is 8.98. The molecule has 1 aliphatic carbocycles. The van der Waals surface area contributed by atoms with Crippen LogP contribution < -0.4 is 5.48 Å². The number of nitrogens with one attached hydrogen (secondary N) is 1. The number of piperidine rings is 1. The zero-order chi connectivity index (χ0) is 29.6. The van der Waals surface area contributed by atoms with Crippen molar-refractivity contribution in [3.8, 4) is 12.3 Å². The van der Waals surface area contributed by atoms with E-state index in [2.05, 4.69) is 86.7 Å². The minimum absolute atomic E-state index is 0.151. The molecule has 1 heterocycles. The second-order valence-electron chi connectivity index (χ2n) is 10.8. The molecule has 220 valence electrons. The fourth-order valence-electron chi connectivity index (χ4n) is 4.83. The van der Waals surface area contributed by atoms with E-state index in [1.165, 1.54) is 54.6 Å². The average Bonchev–Trinajstić information content (AvgIpc) is 2.95. The van der Waals surface area contributed by atoms with E-state index in [4.69, 9.17) is 4.74 Å². The minimum Gasteiger partial charge on any atom is -0.494 e. The highest BCUT2D eigenvalue weighted by Gasteiger charge is 2.19. The van der Waals surface area contributed by atoms with E-state index in [1.54, 1.807) is 13.0 Å². The van der Waals surface area contributed by atoms with Gasteiger partial charge in [0.1, 0.15) is 5.76 Å². The normalized spacial score (nSPS) is 17.8. The third kappa shape index (κ3) is 15.6. The number of unbranched alkanes of at least 4 members (excludes halogenated alkanes) is 1. The molecular weight excluding hydrogens is 492 g/mol. The number of hydroxylamine groups is 1. The summed E-state index contributed by atoms with van der Waals surface area (Å²) in [7, 11) is 0. The fourth-order valence-corrected chi connectivity index (χ4v) is 4.83. The maximum Gasteiger partial charge on any atom is 0.118 e. The molecule has 2 aliphatic rings. The third-order valence-corrected chi connectivity index (χ3v) is 7.09. The zero-order valence-corrected chi connectivity index (χ0v) is 25.5. The lowest BCUT2D eigenvalue weighted by Crippen LogP contribution is -2.31. The highest BCUT2D eigenvalue weighted by Crippen LogP contribution is 2.33. The first-order valence-electron chi connectivity index (χ1n) is 14.9. The molecule has 0 aromatic heterocycles. The molecule has 0 spiro atoms. The number of rotatable bonds is 16. The number of allylic oxidation sites excluding steroid dienone is 12. The molecule has 0 radical (unpaired) electrons. The van der Waals surface area contributed by atoms with Crippen LogP contribution in [0.2, 0.25) is 0 Å². The summed E-state index contributed by atoms with van der Waals surface area (Å²) in [5.41, 5.74) is 8.08. The van der Waals surface area contributed by atoms with E-state index < -0.39 is 0 Å². The second kappa shape index (κ2) is 21.8. The van der Waals surface area contributed by atoms with E-state index in [1.807, 2.05) is 6.08 Å². The van der Waals surface area contributed by atoms with Crippen molar-refractivity contribution in [2.24, 2.45) is 5.92 Å². The van der Waals surface area contributed by atoms with E-state index >= 15 is 0 Å². The molecule has 4 nitrogen and oxygen atoms in total. The summed E-state index contributed by atoms with van der Waals surface area (Å²) in [6.45, 7) is 22.4. The second-order valence-corrected chi connectivity index (χ2v) is 10.8. The predicted molar refractivity (Wildman–Crippen MR) is 173 cm³/mol. The van der Waals surface area contributed by atoms with Crippen LogP contribution in [-0.4, -0.2) is 36.3 Å². The minimum atomic E-state index is 0.151. The Morgan fingerprint density at radius 2 is 1.93 bits per heavy atom. The number of hydrogen-bond donors (Lipinski definition) is 2. The van der Waals surface area contributed by atoms with Gasteiger partial charge in [-0.25, -0.2) is 0 Å². The topological polar surface area (TPSA) is 44.7 Å². The van der Waals surface area contributed by atoms with E-state index in [-0.39, 0.29) is 5.92 Å². The van der Waals surface area contributed by atoms with Gasteiger partial charge in [-0.15, -0.1) is 12.3 Å². The lowest BCUT2D eigenvalue weighted by molar-refractivity contribution is 0.176. The fraction of sp³-hybridized carbons (Fsp3) is 0.500. The van der Waals surface area contributed by atoms with Gasteiger partial charge in [0.15, 0.2) is 0 Å². The molecular formula is C36H54N2O2. The van der Waals surface area contributed by atoms with E-state index in [0.29, 0.717) is 5.70 Å². The molecule has 40 heavy (non-hydrogen) atoms. The number of terminal acetylenes is 1. The van der Waals surface area contributed by atoms with Crippen LogP contribution in [0.15, 0.2) is 96.0 Å². The summed E-state index contributed by atoms with van der Waals surface area (Å²) in [4.78, 5) is 2.55. The molecule has 1 fully saturated rings. The molecule has 0 bridgehead atoms. The smallest absolute Gasteiger partial charge is 0.118 e. The van der Waals surface area contributed by atoms with E-state index in [0.717, 1.165) is 63.9 Å². The van der Waals surface area contributed by atoms with Gasteiger partial charge in [-0.2, -0.15) is 0 Å². The highest BCUT2D eigenvalue weighted by atomic mass is 16.5. The molecule has 1 atom stereocenters. The third-order valence-electron chi connectivity index (χ3n) is 7.09.